The molecular weight excluding hydrogens is 180 g/mol. The van der Waals surface area contributed by atoms with Gasteiger partial charge in [-0.05, 0) is 18.9 Å². The van der Waals surface area contributed by atoms with Crippen LogP contribution in [0.5, 0.6) is 0 Å². The molecule has 0 saturated carbocycles. The van der Waals surface area contributed by atoms with Gasteiger partial charge in [0.1, 0.15) is 6.10 Å². The van der Waals surface area contributed by atoms with E-state index in [-0.39, 0.29) is 5.92 Å². The van der Waals surface area contributed by atoms with Gasteiger partial charge in [0, 0.05) is 24.9 Å². The van der Waals surface area contributed by atoms with Gasteiger partial charge in [0.15, 0.2) is 5.82 Å². The number of aryl methyl sites for hydroxylation is 1. The lowest BCUT2D eigenvalue weighted by atomic mass is 10.0. The van der Waals surface area contributed by atoms with Crippen LogP contribution < -0.4 is 0 Å². The average molecular weight is 194 g/mol. The molecule has 4 heteroatoms. The molecule has 1 aromatic heterocycles. The molecule has 2 rings (SSSR count). The Hall–Kier alpha value is -1.00. The lowest BCUT2D eigenvalue weighted by molar-refractivity contribution is 0.0848. The minimum absolute atomic E-state index is 0.151. The quantitative estimate of drug-likeness (QED) is 0.758. The number of aliphatic hydroxyl groups excluding tert-OH is 1. The van der Waals surface area contributed by atoms with E-state index in [1.54, 1.807) is 12.4 Å². The fourth-order valence-corrected chi connectivity index (χ4v) is 1.57. The highest BCUT2D eigenvalue weighted by Crippen LogP contribution is 2.26. The number of aliphatic hydroxyl groups is 1. The third-order valence-corrected chi connectivity index (χ3v) is 2.48. The normalized spacial score (nSPS) is 23.7. The first kappa shape index (κ1) is 9.55. The molecule has 0 spiro atoms. The lowest BCUT2D eigenvalue weighted by Crippen LogP contribution is -2.15. The third-order valence-electron chi connectivity index (χ3n) is 2.48. The first-order valence-corrected chi connectivity index (χ1v) is 4.82. The maximum atomic E-state index is 9.91. The van der Waals surface area contributed by atoms with Crippen molar-refractivity contribution in [1.29, 1.82) is 0 Å². The third kappa shape index (κ3) is 1.91. The van der Waals surface area contributed by atoms with Crippen LogP contribution in [0.2, 0.25) is 0 Å². The van der Waals surface area contributed by atoms with Gasteiger partial charge in [0.05, 0.1) is 6.61 Å². The van der Waals surface area contributed by atoms with E-state index in [1.165, 1.54) is 0 Å². The van der Waals surface area contributed by atoms with Crippen LogP contribution >= 0.6 is 0 Å². The van der Waals surface area contributed by atoms with Crippen LogP contribution in [-0.2, 0) is 4.74 Å². The van der Waals surface area contributed by atoms with E-state index in [0.29, 0.717) is 12.4 Å². The molecule has 1 fully saturated rings. The smallest absolute Gasteiger partial charge is 0.157 e. The summed E-state index contributed by atoms with van der Waals surface area (Å²) in [6, 6.07) is 0. The SMILES string of the molecule is Cc1cnc(C(O)C2CCOC2)nc1. The lowest BCUT2D eigenvalue weighted by Gasteiger charge is -2.14. The van der Waals surface area contributed by atoms with Crippen LogP contribution in [0.4, 0.5) is 0 Å². The van der Waals surface area contributed by atoms with E-state index in [9.17, 15) is 5.11 Å². The summed E-state index contributed by atoms with van der Waals surface area (Å²) in [7, 11) is 0. The maximum absolute atomic E-state index is 9.91. The van der Waals surface area contributed by atoms with Crippen molar-refractivity contribution in [3.8, 4) is 0 Å². The van der Waals surface area contributed by atoms with Gasteiger partial charge in [-0.25, -0.2) is 9.97 Å². The molecule has 0 radical (unpaired) electrons. The zero-order chi connectivity index (χ0) is 9.97. The van der Waals surface area contributed by atoms with Crippen molar-refractivity contribution < 1.29 is 9.84 Å². The van der Waals surface area contributed by atoms with Gasteiger partial charge in [-0.3, -0.25) is 0 Å². The van der Waals surface area contributed by atoms with Crippen LogP contribution in [0.25, 0.3) is 0 Å². The van der Waals surface area contributed by atoms with Gasteiger partial charge < -0.3 is 9.84 Å². The predicted octanol–water partition coefficient (Wildman–Crippen LogP) is 0.855. The van der Waals surface area contributed by atoms with Crippen LogP contribution in [0.3, 0.4) is 0 Å². The van der Waals surface area contributed by atoms with E-state index in [2.05, 4.69) is 9.97 Å². The number of aromatic nitrogens is 2. The van der Waals surface area contributed by atoms with E-state index in [0.717, 1.165) is 18.6 Å². The number of nitrogens with zero attached hydrogens (tertiary/aromatic N) is 2. The molecule has 1 aliphatic heterocycles. The molecule has 2 atom stereocenters. The van der Waals surface area contributed by atoms with Gasteiger partial charge >= 0.3 is 0 Å². The highest BCUT2D eigenvalue weighted by Gasteiger charge is 2.26. The second-order valence-corrected chi connectivity index (χ2v) is 3.69. The van der Waals surface area contributed by atoms with Gasteiger partial charge in [-0.1, -0.05) is 0 Å². The molecule has 0 aliphatic carbocycles. The molecule has 1 saturated heterocycles. The van der Waals surface area contributed by atoms with E-state index >= 15 is 0 Å². The molecule has 1 aliphatic rings. The van der Waals surface area contributed by atoms with Crippen molar-refractivity contribution >= 4 is 0 Å². The number of ether oxygens (including phenoxy) is 1. The Morgan fingerprint density at radius 3 is 2.79 bits per heavy atom. The summed E-state index contributed by atoms with van der Waals surface area (Å²) in [5, 5.41) is 9.91. The van der Waals surface area contributed by atoms with Crippen molar-refractivity contribution in [2.45, 2.75) is 19.4 Å². The summed E-state index contributed by atoms with van der Waals surface area (Å²) in [6.45, 7) is 3.26. The molecule has 0 aromatic carbocycles. The van der Waals surface area contributed by atoms with Crippen LogP contribution in [0.1, 0.15) is 23.9 Å². The van der Waals surface area contributed by atoms with Crippen molar-refractivity contribution in [1.82, 2.24) is 9.97 Å². The molecule has 76 valence electrons. The number of hydrogen-bond acceptors (Lipinski definition) is 4. The second kappa shape index (κ2) is 4.02. The molecular formula is C10H14N2O2. The summed E-state index contributed by atoms with van der Waals surface area (Å²) in [5.41, 5.74) is 1.00. The zero-order valence-corrected chi connectivity index (χ0v) is 8.18. The highest BCUT2D eigenvalue weighted by atomic mass is 16.5. The van der Waals surface area contributed by atoms with Crippen molar-refractivity contribution in [2.75, 3.05) is 13.2 Å². The van der Waals surface area contributed by atoms with Crippen LogP contribution in [0.15, 0.2) is 12.4 Å². The largest absolute Gasteiger partial charge is 0.385 e. The van der Waals surface area contributed by atoms with Gasteiger partial charge in [-0.15, -0.1) is 0 Å². The molecule has 14 heavy (non-hydrogen) atoms. The molecule has 0 bridgehead atoms. The minimum Gasteiger partial charge on any atom is -0.385 e. The Kier molecular flexibility index (Phi) is 2.74. The fourth-order valence-electron chi connectivity index (χ4n) is 1.57. The standard InChI is InChI=1S/C10H14N2O2/c1-7-4-11-10(12-5-7)9(13)8-2-3-14-6-8/h4-5,8-9,13H,2-3,6H2,1H3. The predicted molar refractivity (Wildman–Crippen MR) is 50.7 cm³/mol. The van der Waals surface area contributed by atoms with E-state index < -0.39 is 6.10 Å². The summed E-state index contributed by atoms with van der Waals surface area (Å²) in [5.74, 6) is 0.656. The maximum Gasteiger partial charge on any atom is 0.157 e. The number of hydrogen-bond donors (Lipinski definition) is 1. The average Bonchev–Trinajstić information content (AvgIpc) is 2.71. The first-order chi connectivity index (χ1) is 6.77. The Morgan fingerprint density at radius 2 is 2.21 bits per heavy atom. The van der Waals surface area contributed by atoms with Crippen molar-refractivity contribution in [3.05, 3.63) is 23.8 Å². The highest BCUT2D eigenvalue weighted by molar-refractivity contribution is 5.04. The molecule has 4 nitrogen and oxygen atoms in total. The van der Waals surface area contributed by atoms with Gasteiger partial charge in [0.25, 0.3) is 0 Å². The molecule has 1 N–H and O–H groups in total. The Morgan fingerprint density at radius 1 is 1.50 bits per heavy atom. The summed E-state index contributed by atoms with van der Waals surface area (Å²) < 4.78 is 5.21. The van der Waals surface area contributed by atoms with Crippen molar-refractivity contribution in [2.24, 2.45) is 5.92 Å². The summed E-state index contributed by atoms with van der Waals surface area (Å²) in [6.07, 6.45) is 3.75. The Bertz CT molecular complexity index is 293. The summed E-state index contributed by atoms with van der Waals surface area (Å²) in [4.78, 5) is 8.21. The molecule has 0 amide bonds. The topological polar surface area (TPSA) is 55.2 Å². The van der Waals surface area contributed by atoms with E-state index in [4.69, 9.17) is 4.74 Å². The minimum atomic E-state index is -0.585. The zero-order valence-electron chi connectivity index (χ0n) is 8.18. The van der Waals surface area contributed by atoms with E-state index in [1.807, 2.05) is 6.92 Å². The second-order valence-electron chi connectivity index (χ2n) is 3.69. The first-order valence-electron chi connectivity index (χ1n) is 4.82. The Labute approximate surface area is 83.0 Å². The van der Waals surface area contributed by atoms with Gasteiger partial charge in [0.2, 0.25) is 0 Å². The number of rotatable bonds is 2. The van der Waals surface area contributed by atoms with Crippen molar-refractivity contribution in [3.63, 3.8) is 0 Å². The van der Waals surface area contributed by atoms with Crippen LogP contribution in [-0.4, -0.2) is 28.3 Å². The summed E-state index contributed by atoms with van der Waals surface area (Å²) >= 11 is 0. The molecule has 2 unspecified atom stereocenters. The fraction of sp³-hybridized carbons (Fsp3) is 0.600. The van der Waals surface area contributed by atoms with Crippen LogP contribution in [0, 0.1) is 12.8 Å². The van der Waals surface area contributed by atoms with Gasteiger partial charge in [-0.2, -0.15) is 0 Å². The molecule has 1 aromatic rings. The monoisotopic (exact) mass is 194 g/mol. The Balaban J connectivity index is 2.09. The molecule has 2 heterocycles.